The number of hydrogen-bond donors (Lipinski definition) is 0. The molecule has 1 aromatic heterocycles. The van der Waals surface area contributed by atoms with E-state index in [1.807, 2.05) is 56.3 Å². The Morgan fingerprint density at radius 2 is 1.67 bits per heavy atom. The van der Waals surface area contributed by atoms with Gasteiger partial charge >= 0.3 is 0 Å². The molecule has 2 aromatic carbocycles. The van der Waals surface area contributed by atoms with Gasteiger partial charge in [0.1, 0.15) is 5.75 Å². The Morgan fingerprint density at radius 1 is 1.00 bits per heavy atom. The Labute approximate surface area is 160 Å². The first-order valence-corrected chi connectivity index (χ1v) is 9.46. The molecule has 3 aromatic rings. The van der Waals surface area contributed by atoms with E-state index in [0.717, 1.165) is 41.8 Å². The molecule has 0 aliphatic carbocycles. The van der Waals surface area contributed by atoms with Gasteiger partial charge in [0.2, 0.25) is 0 Å². The summed E-state index contributed by atoms with van der Waals surface area (Å²) in [6.45, 7) is 6.06. The fourth-order valence-electron chi connectivity index (χ4n) is 3.21. The highest BCUT2D eigenvalue weighted by Gasteiger charge is 2.16. The number of nitrogens with zero attached hydrogens (tertiary/aromatic N) is 2. The van der Waals surface area contributed by atoms with Crippen LogP contribution in [0.4, 0.5) is 0 Å². The maximum Gasteiger partial charge on any atom is 0.284 e. The normalized spacial score (nSPS) is 10.8. The molecular weight excluding hydrogens is 336 g/mol. The van der Waals surface area contributed by atoms with E-state index in [2.05, 4.69) is 24.2 Å². The molecule has 0 aliphatic heterocycles. The first-order valence-electron chi connectivity index (χ1n) is 9.46. The molecule has 0 amide bonds. The Balaban J connectivity index is 1.64. The standard InChI is InChI=1S/C23H26N2O2/c1-4-5-11-22-17(2)24-25(18(22)3)23(26)16-27-21-14-12-20(13-15-21)19-9-7-6-8-10-19/h6-10,12-15H,4-5,11,16H2,1-3H3. The molecule has 4 heteroatoms. The number of hydrogen-bond acceptors (Lipinski definition) is 3. The molecule has 27 heavy (non-hydrogen) atoms. The van der Waals surface area contributed by atoms with Crippen LogP contribution in [0.2, 0.25) is 0 Å². The van der Waals surface area contributed by atoms with Crippen LogP contribution in [0.1, 0.15) is 41.5 Å². The van der Waals surface area contributed by atoms with Gasteiger partial charge in [0, 0.05) is 5.69 Å². The first-order chi connectivity index (χ1) is 13.1. The summed E-state index contributed by atoms with van der Waals surface area (Å²) in [6.07, 6.45) is 3.19. The lowest BCUT2D eigenvalue weighted by atomic mass is 10.1. The van der Waals surface area contributed by atoms with E-state index in [0.29, 0.717) is 5.75 Å². The SMILES string of the molecule is CCCCc1c(C)nn(C(=O)COc2ccc(-c3ccccc3)cc2)c1C. The molecule has 1 heterocycles. The molecule has 0 unspecified atom stereocenters. The van der Waals surface area contributed by atoms with Crippen molar-refractivity contribution in [2.24, 2.45) is 0 Å². The van der Waals surface area contributed by atoms with Gasteiger partial charge in [0.05, 0.1) is 5.69 Å². The van der Waals surface area contributed by atoms with Crippen molar-refractivity contribution in [1.29, 1.82) is 0 Å². The molecule has 3 rings (SSSR count). The van der Waals surface area contributed by atoms with E-state index < -0.39 is 0 Å². The topological polar surface area (TPSA) is 44.1 Å². The summed E-state index contributed by atoms with van der Waals surface area (Å²) in [7, 11) is 0. The van der Waals surface area contributed by atoms with Crippen molar-refractivity contribution in [3.05, 3.63) is 71.5 Å². The Morgan fingerprint density at radius 3 is 2.33 bits per heavy atom. The van der Waals surface area contributed by atoms with Crippen molar-refractivity contribution in [1.82, 2.24) is 9.78 Å². The molecule has 0 aliphatic rings. The fraction of sp³-hybridized carbons (Fsp3) is 0.304. The summed E-state index contributed by atoms with van der Waals surface area (Å²) >= 11 is 0. The zero-order valence-electron chi connectivity index (χ0n) is 16.2. The summed E-state index contributed by atoms with van der Waals surface area (Å²) in [5.41, 5.74) is 5.31. The van der Waals surface area contributed by atoms with Crippen LogP contribution in [0.5, 0.6) is 5.75 Å². The largest absolute Gasteiger partial charge is 0.484 e. The van der Waals surface area contributed by atoms with E-state index in [1.165, 1.54) is 10.2 Å². The minimum absolute atomic E-state index is 0.0279. The zero-order valence-corrected chi connectivity index (χ0v) is 16.2. The minimum Gasteiger partial charge on any atom is -0.484 e. The third kappa shape index (κ3) is 4.45. The van der Waals surface area contributed by atoms with E-state index in [4.69, 9.17) is 4.74 Å². The lowest BCUT2D eigenvalue weighted by molar-refractivity contribution is 0.0818. The predicted octanol–water partition coefficient (Wildman–Crippen LogP) is 5.23. The summed E-state index contributed by atoms with van der Waals surface area (Å²) in [6, 6.07) is 18.0. The molecule has 0 saturated carbocycles. The maximum atomic E-state index is 12.5. The fourth-order valence-corrected chi connectivity index (χ4v) is 3.21. The number of ether oxygens (including phenoxy) is 1. The van der Waals surface area contributed by atoms with E-state index in [9.17, 15) is 4.79 Å². The van der Waals surface area contributed by atoms with Gasteiger partial charge in [-0.3, -0.25) is 4.79 Å². The van der Waals surface area contributed by atoms with Gasteiger partial charge in [-0.2, -0.15) is 5.10 Å². The smallest absolute Gasteiger partial charge is 0.284 e. The van der Waals surface area contributed by atoms with Crippen LogP contribution >= 0.6 is 0 Å². The summed E-state index contributed by atoms with van der Waals surface area (Å²) in [4.78, 5) is 12.5. The maximum absolute atomic E-state index is 12.5. The molecule has 0 spiro atoms. The van der Waals surface area contributed by atoms with E-state index in [1.54, 1.807) is 0 Å². The summed E-state index contributed by atoms with van der Waals surface area (Å²) in [5.74, 6) is 0.529. The van der Waals surface area contributed by atoms with Crippen LogP contribution in [-0.4, -0.2) is 22.3 Å². The summed E-state index contributed by atoms with van der Waals surface area (Å²) < 4.78 is 7.17. The Bertz CT molecular complexity index is 896. The second-order valence-electron chi connectivity index (χ2n) is 6.74. The van der Waals surface area contributed by atoms with Crippen LogP contribution in [0.3, 0.4) is 0 Å². The highest BCUT2D eigenvalue weighted by molar-refractivity contribution is 5.80. The number of aromatic nitrogens is 2. The van der Waals surface area contributed by atoms with Crippen molar-refractivity contribution in [2.75, 3.05) is 6.61 Å². The molecule has 0 bridgehead atoms. The van der Waals surface area contributed by atoms with Crippen LogP contribution in [0.15, 0.2) is 54.6 Å². The second-order valence-corrected chi connectivity index (χ2v) is 6.74. The van der Waals surface area contributed by atoms with Gasteiger partial charge in [-0.15, -0.1) is 0 Å². The highest BCUT2D eigenvalue weighted by atomic mass is 16.5. The molecule has 0 atom stereocenters. The van der Waals surface area contributed by atoms with Crippen molar-refractivity contribution < 1.29 is 9.53 Å². The zero-order chi connectivity index (χ0) is 19.2. The number of aryl methyl sites for hydroxylation is 1. The second kappa shape index (κ2) is 8.67. The highest BCUT2D eigenvalue weighted by Crippen LogP contribution is 2.22. The molecular formula is C23H26N2O2. The number of benzene rings is 2. The molecule has 140 valence electrons. The Kier molecular flexibility index (Phi) is 6.07. The van der Waals surface area contributed by atoms with Crippen molar-refractivity contribution >= 4 is 5.91 Å². The van der Waals surface area contributed by atoms with Crippen LogP contribution < -0.4 is 4.74 Å². The average molecular weight is 362 g/mol. The van der Waals surface area contributed by atoms with Gasteiger partial charge in [-0.1, -0.05) is 55.8 Å². The van der Waals surface area contributed by atoms with E-state index >= 15 is 0 Å². The van der Waals surface area contributed by atoms with Crippen LogP contribution in [0, 0.1) is 13.8 Å². The third-order valence-corrected chi connectivity index (χ3v) is 4.78. The monoisotopic (exact) mass is 362 g/mol. The molecule has 4 nitrogen and oxygen atoms in total. The van der Waals surface area contributed by atoms with Gasteiger partial charge < -0.3 is 4.74 Å². The van der Waals surface area contributed by atoms with Crippen molar-refractivity contribution in [2.45, 2.75) is 40.0 Å². The van der Waals surface area contributed by atoms with E-state index in [-0.39, 0.29) is 12.5 Å². The lowest BCUT2D eigenvalue weighted by Crippen LogP contribution is -2.21. The van der Waals surface area contributed by atoms with Gasteiger partial charge in [-0.05, 0) is 55.5 Å². The quantitative estimate of drug-likeness (QED) is 0.578. The first kappa shape index (κ1) is 18.9. The molecule has 0 fully saturated rings. The lowest BCUT2D eigenvalue weighted by Gasteiger charge is -2.08. The number of unbranched alkanes of at least 4 members (excludes halogenated alkanes) is 1. The number of rotatable bonds is 7. The molecule has 0 N–H and O–H groups in total. The van der Waals surface area contributed by atoms with Crippen LogP contribution in [0.25, 0.3) is 11.1 Å². The third-order valence-electron chi connectivity index (χ3n) is 4.78. The van der Waals surface area contributed by atoms with Crippen molar-refractivity contribution in [3.63, 3.8) is 0 Å². The van der Waals surface area contributed by atoms with Crippen LogP contribution in [-0.2, 0) is 6.42 Å². The van der Waals surface area contributed by atoms with Gasteiger partial charge in [0.15, 0.2) is 6.61 Å². The molecule has 0 saturated heterocycles. The number of carbonyl (C=O) groups is 1. The van der Waals surface area contributed by atoms with Gasteiger partial charge in [0.25, 0.3) is 5.91 Å². The van der Waals surface area contributed by atoms with Crippen molar-refractivity contribution in [3.8, 4) is 16.9 Å². The van der Waals surface area contributed by atoms with Gasteiger partial charge in [-0.25, -0.2) is 4.68 Å². The average Bonchev–Trinajstić information content (AvgIpc) is 2.99. The number of carbonyl (C=O) groups excluding carboxylic acids is 1. The summed E-state index contributed by atoms with van der Waals surface area (Å²) in [5, 5.41) is 4.42. The predicted molar refractivity (Wildman–Crippen MR) is 108 cm³/mol. The minimum atomic E-state index is -0.148. The molecule has 0 radical (unpaired) electrons. The Hall–Kier alpha value is -2.88.